The number of aryl methyl sites for hydroxylation is 1. The smallest absolute Gasteiger partial charge is 0.350 e. The van der Waals surface area contributed by atoms with Gasteiger partial charge in [0, 0.05) is 5.56 Å². The number of ether oxygens (including phenoxy) is 2. The molecule has 5 nitrogen and oxygen atoms in total. The van der Waals surface area contributed by atoms with E-state index in [1.165, 1.54) is 11.3 Å². The summed E-state index contributed by atoms with van der Waals surface area (Å²) >= 11 is 1.30. The van der Waals surface area contributed by atoms with E-state index < -0.39 is 0 Å². The molecule has 0 fully saturated rings. The zero-order chi connectivity index (χ0) is 17.8. The standard InChI is InChI=1S/C19H18N2O3S/c1-3-23-19(22)17-12(2)21-18(25-17)13-9-10-16(15(20)11-13)24-14-7-5-4-6-8-14/h4-11H,3,20H2,1-2H3. The average molecular weight is 354 g/mol. The van der Waals surface area contributed by atoms with Crippen LogP contribution in [0.25, 0.3) is 10.6 Å². The number of nitrogens with two attached hydrogens (primary N) is 1. The van der Waals surface area contributed by atoms with E-state index in [9.17, 15) is 4.79 Å². The summed E-state index contributed by atoms with van der Waals surface area (Å²) in [6.45, 7) is 3.91. The van der Waals surface area contributed by atoms with E-state index in [0.717, 1.165) is 16.3 Å². The first-order valence-corrected chi connectivity index (χ1v) is 8.67. The van der Waals surface area contributed by atoms with E-state index in [4.69, 9.17) is 15.2 Å². The molecule has 0 amide bonds. The zero-order valence-electron chi connectivity index (χ0n) is 14.0. The second-order valence-corrected chi connectivity index (χ2v) is 6.32. The van der Waals surface area contributed by atoms with Gasteiger partial charge in [-0.3, -0.25) is 0 Å². The highest BCUT2D eigenvalue weighted by Crippen LogP contribution is 2.34. The van der Waals surface area contributed by atoms with Crippen LogP contribution >= 0.6 is 11.3 Å². The number of esters is 1. The first kappa shape index (κ1) is 17.0. The number of hydrogen-bond donors (Lipinski definition) is 1. The van der Waals surface area contributed by atoms with Crippen LogP contribution in [0.1, 0.15) is 22.3 Å². The van der Waals surface area contributed by atoms with Crippen LogP contribution in [0.4, 0.5) is 5.69 Å². The second-order valence-electron chi connectivity index (χ2n) is 5.32. The third kappa shape index (κ3) is 3.80. The molecular weight excluding hydrogens is 336 g/mol. The molecule has 25 heavy (non-hydrogen) atoms. The molecule has 1 heterocycles. The van der Waals surface area contributed by atoms with Crippen LogP contribution in [0.2, 0.25) is 0 Å². The van der Waals surface area contributed by atoms with Crippen molar-refractivity contribution in [1.29, 1.82) is 0 Å². The molecule has 0 aliphatic rings. The molecule has 2 aromatic carbocycles. The molecule has 3 aromatic rings. The van der Waals surface area contributed by atoms with E-state index in [1.807, 2.05) is 36.4 Å². The third-order valence-corrected chi connectivity index (χ3v) is 4.67. The number of aromatic nitrogens is 1. The van der Waals surface area contributed by atoms with Crippen LogP contribution < -0.4 is 10.5 Å². The van der Waals surface area contributed by atoms with Crippen LogP contribution in [0, 0.1) is 6.92 Å². The lowest BCUT2D eigenvalue weighted by atomic mass is 10.2. The number of thiazole rings is 1. The number of hydrogen-bond acceptors (Lipinski definition) is 6. The molecule has 0 bridgehead atoms. The van der Waals surface area contributed by atoms with Crippen molar-refractivity contribution in [2.24, 2.45) is 0 Å². The van der Waals surface area contributed by atoms with Gasteiger partial charge in [-0.25, -0.2) is 9.78 Å². The quantitative estimate of drug-likeness (QED) is 0.532. The van der Waals surface area contributed by atoms with E-state index in [-0.39, 0.29) is 5.97 Å². The van der Waals surface area contributed by atoms with E-state index in [1.54, 1.807) is 26.0 Å². The fraction of sp³-hybridized carbons (Fsp3) is 0.158. The van der Waals surface area contributed by atoms with Gasteiger partial charge in [-0.2, -0.15) is 0 Å². The van der Waals surface area contributed by atoms with Gasteiger partial charge in [-0.05, 0) is 44.2 Å². The number of nitrogen functional groups attached to an aromatic ring is 1. The van der Waals surface area contributed by atoms with Crippen LogP contribution in [-0.2, 0) is 4.74 Å². The van der Waals surface area contributed by atoms with Crippen molar-refractivity contribution < 1.29 is 14.3 Å². The van der Waals surface area contributed by atoms with Crippen molar-refractivity contribution in [3.05, 3.63) is 59.1 Å². The van der Waals surface area contributed by atoms with Gasteiger partial charge in [0.15, 0.2) is 0 Å². The second kappa shape index (κ2) is 7.36. The molecule has 0 saturated carbocycles. The Morgan fingerprint density at radius 2 is 1.96 bits per heavy atom. The van der Waals surface area contributed by atoms with Crippen molar-refractivity contribution in [3.63, 3.8) is 0 Å². The van der Waals surface area contributed by atoms with Crippen molar-refractivity contribution in [2.75, 3.05) is 12.3 Å². The Kier molecular flexibility index (Phi) is 5.00. The summed E-state index contributed by atoms with van der Waals surface area (Å²) in [7, 11) is 0. The molecule has 6 heteroatoms. The maximum absolute atomic E-state index is 11.9. The molecule has 2 N–H and O–H groups in total. The summed E-state index contributed by atoms with van der Waals surface area (Å²) < 4.78 is 10.8. The summed E-state index contributed by atoms with van der Waals surface area (Å²) in [4.78, 5) is 16.9. The molecule has 0 saturated heterocycles. The molecule has 3 rings (SSSR count). The molecule has 0 unspecified atom stereocenters. The summed E-state index contributed by atoms with van der Waals surface area (Å²) in [6, 6.07) is 14.9. The summed E-state index contributed by atoms with van der Waals surface area (Å²) in [5.41, 5.74) is 8.11. The Hall–Kier alpha value is -2.86. The monoisotopic (exact) mass is 354 g/mol. The normalized spacial score (nSPS) is 10.5. The highest BCUT2D eigenvalue weighted by Gasteiger charge is 2.17. The Morgan fingerprint density at radius 1 is 1.20 bits per heavy atom. The van der Waals surface area contributed by atoms with Gasteiger partial charge >= 0.3 is 5.97 Å². The van der Waals surface area contributed by atoms with Crippen LogP contribution in [0.15, 0.2) is 48.5 Å². The summed E-state index contributed by atoms with van der Waals surface area (Å²) in [6.07, 6.45) is 0. The number of para-hydroxylation sites is 1. The van der Waals surface area contributed by atoms with Gasteiger partial charge in [0.05, 0.1) is 18.0 Å². The Labute approximate surface area is 150 Å². The van der Waals surface area contributed by atoms with Gasteiger partial charge in [-0.15, -0.1) is 11.3 Å². The predicted octanol–water partition coefficient (Wildman–Crippen LogP) is 4.67. The van der Waals surface area contributed by atoms with Crippen LogP contribution in [0.5, 0.6) is 11.5 Å². The fourth-order valence-electron chi connectivity index (χ4n) is 2.30. The number of carbonyl (C=O) groups excluding carboxylic acids is 1. The molecular formula is C19H18N2O3S. The lowest BCUT2D eigenvalue weighted by Crippen LogP contribution is -2.03. The van der Waals surface area contributed by atoms with E-state index in [0.29, 0.717) is 28.6 Å². The lowest BCUT2D eigenvalue weighted by molar-refractivity contribution is 0.0531. The number of rotatable bonds is 5. The van der Waals surface area contributed by atoms with Gasteiger partial charge in [-0.1, -0.05) is 18.2 Å². The van der Waals surface area contributed by atoms with Crippen LogP contribution in [-0.4, -0.2) is 17.6 Å². The van der Waals surface area contributed by atoms with E-state index >= 15 is 0 Å². The van der Waals surface area contributed by atoms with Gasteiger partial charge < -0.3 is 15.2 Å². The SMILES string of the molecule is CCOC(=O)c1sc(-c2ccc(Oc3ccccc3)c(N)c2)nc1C. The highest BCUT2D eigenvalue weighted by molar-refractivity contribution is 7.17. The number of carbonyl (C=O) groups is 1. The topological polar surface area (TPSA) is 74.4 Å². The number of anilines is 1. The molecule has 128 valence electrons. The zero-order valence-corrected chi connectivity index (χ0v) is 14.8. The van der Waals surface area contributed by atoms with Gasteiger partial charge in [0.25, 0.3) is 0 Å². The minimum absolute atomic E-state index is 0.337. The Morgan fingerprint density at radius 3 is 2.64 bits per heavy atom. The largest absolute Gasteiger partial charge is 0.462 e. The molecule has 0 aliphatic carbocycles. The molecule has 0 aliphatic heterocycles. The minimum Gasteiger partial charge on any atom is -0.462 e. The van der Waals surface area contributed by atoms with Crippen molar-refractivity contribution >= 4 is 23.0 Å². The third-order valence-electron chi connectivity index (χ3n) is 3.49. The molecule has 1 aromatic heterocycles. The Balaban J connectivity index is 1.86. The minimum atomic E-state index is -0.347. The maximum atomic E-state index is 11.9. The summed E-state index contributed by atoms with van der Waals surface area (Å²) in [5.74, 6) is 0.950. The van der Waals surface area contributed by atoms with Crippen molar-refractivity contribution in [3.8, 4) is 22.1 Å². The summed E-state index contributed by atoms with van der Waals surface area (Å²) in [5, 5.41) is 0.721. The number of benzene rings is 2. The van der Waals surface area contributed by atoms with Gasteiger partial charge in [0.1, 0.15) is 21.4 Å². The van der Waals surface area contributed by atoms with Crippen LogP contribution in [0.3, 0.4) is 0 Å². The van der Waals surface area contributed by atoms with Crippen molar-refractivity contribution in [2.45, 2.75) is 13.8 Å². The maximum Gasteiger partial charge on any atom is 0.350 e. The van der Waals surface area contributed by atoms with Gasteiger partial charge in [0.2, 0.25) is 0 Å². The molecule has 0 spiro atoms. The van der Waals surface area contributed by atoms with Crippen molar-refractivity contribution in [1.82, 2.24) is 4.98 Å². The molecule has 0 atom stereocenters. The number of nitrogens with zero attached hydrogens (tertiary/aromatic N) is 1. The fourth-order valence-corrected chi connectivity index (χ4v) is 3.25. The average Bonchev–Trinajstić information content (AvgIpc) is 3.00. The first-order valence-electron chi connectivity index (χ1n) is 7.86. The van der Waals surface area contributed by atoms with E-state index in [2.05, 4.69) is 4.98 Å². The first-order chi connectivity index (χ1) is 12.1. The molecule has 0 radical (unpaired) electrons. The highest BCUT2D eigenvalue weighted by atomic mass is 32.1. The Bertz CT molecular complexity index is 891. The predicted molar refractivity (Wildman–Crippen MR) is 99.2 cm³/mol. The lowest BCUT2D eigenvalue weighted by Gasteiger charge is -2.09.